The summed E-state index contributed by atoms with van der Waals surface area (Å²) in [5.41, 5.74) is 0.325. The number of Topliss-reactive ketones (excluding diaryl/α,β-unsaturated/α-hetero) is 1. The van der Waals surface area contributed by atoms with Gasteiger partial charge in [0.2, 0.25) is 0 Å². The Morgan fingerprint density at radius 2 is 2.21 bits per heavy atom. The first-order valence-corrected chi connectivity index (χ1v) is 6.51. The van der Waals surface area contributed by atoms with Crippen molar-refractivity contribution in [2.75, 3.05) is 13.1 Å². The lowest BCUT2D eigenvalue weighted by Crippen LogP contribution is -2.56. The average molecular weight is 284 g/mol. The Morgan fingerprint density at radius 3 is 2.74 bits per heavy atom. The number of hydrogen-bond acceptors (Lipinski definition) is 5. The Bertz CT molecular complexity index is 515. The molecule has 1 amide bonds. The number of carbonyl (C=O) groups excluding carboxylic acids is 1. The maximum atomic E-state index is 12.0. The lowest BCUT2D eigenvalue weighted by molar-refractivity contribution is -0.158. The van der Waals surface area contributed by atoms with E-state index in [1.165, 1.54) is 11.3 Å². The minimum atomic E-state index is -1.72. The topological polar surface area (TPSA) is 108 Å². The standard InChI is InChI=1S/C11H12N2O5S/c14-8-1-2-13(10(17)18)5-11(8,9(15)16)3-7-4-19-6-12-7/h4,6H,1-3,5H2,(H,15,16)(H,17,18)/t11-/m1/s1. The molecule has 102 valence electrons. The van der Waals surface area contributed by atoms with Crippen LogP contribution in [0.5, 0.6) is 0 Å². The van der Waals surface area contributed by atoms with Gasteiger partial charge in [-0.3, -0.25) is 9.59 Å². The van der Waals surface area contributed by atoms with Crippen molar-refractivity contribution in [3.05, 3.63) is 16.6 Å². The second-order valence-corrected chi connectivity index (χ2v) is 5.14. The van der Waals surface area contributed by atoms with Crippen LogP contribution in [0.1, 0.15) is 12.1 Å². The molecular weight excluding hydrogens is 272 g/mol. The molecule has 0 radical (unpaired) electrons. The normalized spacial score (nSPS) is 23.4. The molecule has 2 N–H and O–H groups in total. The SMILES string of the molecule is O=C(O)N1CCC(=O)[C@](Cc2cscn2)(C(=O)O)C1. The summed E-state index contributed by atoms with van der Waals surface area (Å²) in [5.74, 6) is -1.73. The predicted octanol–water partition coefficient (Wildman–Crippen LogP) is 0.709. The van der Waals surface area contributed by atoms with E-state index in [4.69, 9.17) is 5.11 Å². The largest absolute Gasteiger partial charge is 0.480 e. The third-order valence-corrected chi connectivity index (χ3v) is 3.88. The minimum Gasteiger partial charge on any atom is -0.480 e. The summed E-state index contributed by atoms with van der Waals surface area (Å²) < 4.78 is 0. The van der Waals surface area contributed by atoms with Crippen LogP contribution in [0.25, 0.3) is 0 Å². The number of nitrogens with zero attached hydrogens (tertiary/aromatic N) is 2. The third kappa shape index (κ3) is 2.43. The Labute approximate surface area is 112 Å². The number of piperidine rings is 1. The quantitative estimate of drug-likeness (QED) is 0.791. The summed E-state index contributed by atoms with van der Waals surface area (Å²) in [7, 11) is 0. The van der Waals surface area contributed by atoms with Gasteiger partial charge in [-0.15, -0.1) is 11.3 Å². The molecule has 2 heterocycles. The Kier molecular flexibility index (Phi) is 3.52. The highest BCUT2D eigenvalue weighted by Crippen LogP contribution is 2.31. The van der Waals surface area contributed by atoms with Crippen molar-refractivity contribution in [2.24, 2.45) is 5.41 Å². The van der Waals surface area contributed by atoms with Crippen LogP contribution >= 0.6 is 11.3 Å². The highest BCUT2D eigenvalue weighted by molar-refractivity contribution is 7.07. The first kappa shape index (κ1) is 13.5. The van der Waals surface area contributed by atoms with Gasteiger partial charge in [0.15, 0.2) is 5.78 Å². The molecule has 1 aromatic heterocycles. The number of amides is 1. The Hall–Kier alpha value is -1.96. The highest BCUT2D eigenvalue weighted by atomic mass is 32.1. The number of carboxylic acid groups (broad SMARTS) is 2. The molecule has 1 aliphatic heterocycles. The van der Waals surface area contributed by atoms with E-state index in [2.05, 4.69) is 4.98 Å². The summed E-state index contributed by atoms with van der Waals surface area (Å²) in [6, 6.07) is 0. The van der Waals surface area contributed by atoms with Crippen molar-refractivity contribution in [1.29, 1.82) is 0 Å². The van der Waals surface area contributed by atoms with Gasteiger partial charge in [0.05, 0.1) is 11.2 Å². The minimum absolute atomic E-state index is 0.0419. The van der Waals surface area contributed by atoms with E-state index in [1.54, 1.807) is 10.9 Å². The van der Waals surface area contributed by atoms with Crippen molar-refractivity contribution in [2.45, 2.75) is 12.8 Å². The summed E-state index contributed by atoms with van der Waals surface area (Å²) in [6.07, 6.45) is -1.37. The zero-order chi connectivity index (χ0) is 14.0. The van der Waals surface area contributed by atoms with Crippen LogP contribution in [-0.4, -0.2) is 51.0 Å². The van der Waals surface area contributed by atoms with Crippen LogP contribution in [0.2, 0.25) is 0 Å². The van der Waals surface area contributed by atoms with Crippen molar-refractivity contribution < 1.29 is 24.6 Å². The second kappa shape index (κ2) is 4.96. The van der Waals surface area contributed by atoms with E-state index in [0.717, 1.165) is 4.90 Å². The zero-order valence-corrected chi connectivity index (χ0v) is 10.7. The third-order valence-electron chi connectivity index (χ3n) is 3.25. The highest BCUT2D eigenvalue weighted by Gasteiger charge is 2.50. The smallest absolute Gasteiger partial charge is 0.407 e. The van der Waals surface area contributed by atoms with Crippen LogP contribution in [0.3, 0.4) is 0 Å². The average Bonchev–Trinajstić information content (AvgIpc) is 2.84. The molecule has 1 saturated heterocycles. The Morgan fingerprint density at radius 1 is 1.47 bits per heavy atom. The molecule has 0 aliphatic carbocycles. The monoisotopic (exact) mass is 284 g/mol. The number of hydrogen-bond donors (Lipinski definition) is 2. The molecule has 7 nitrogen and oxygen atoms in total. The van der Waals surface area contributed by atoms with Gasteiger partial charge in [0.1, 0.15) is 5.41 Å². The summed E-state index contributed by atoms with van der Waals surface area (Å²) in [6.45, 7) is -0.283. The molecule has 1 aliphatic rings. The number of carboxylic acids is 1. The molecule has 0 aromatic carbocycles. The summed E-state index contributed by atoms with van der Waals surface area (Å²) in [5, 5.41) is 20.0. The number of likely N-dealkylation sites (tertiary alicyclic amines) is 1. The number of rotatable bonds is 3. The molecule has 1 fully saturated rings. The number of aliphatic carboxylic acids is 1. The molecule has 0 unspecified atom stereocenters. The van der Waals surface area contributed by atoms with Gasteiger partial charge in [-0.2, -0.15) is 0 Å². The number of carbonyl (C=O) groups is 3. The molecule has 0 spiro atoms. The number of thiazole rings is 1. The van der Waals surface area contributed by atoms with Gasteiger partial charge in [-0.25, -0.2) is 9.78 Å². The first-order chi connectivity index (χ1) is 8.95. The van der Waals surface area contributed by atoms with Crippen LogP contribution in [-0.2, 0) is 16.0 Å². The maximum absolute atomic E-state index is 12.0. The zero-order valence-electron chi connectivity index (χ0n) is 9.90. The van der Waals surface area contributed by atoms with Gasteiger partial charge in [-0.1, -0.05) is 0 Å². The molecule has 0 saturated carbocycles. The van der Waals surface area contributed by atoms with Crippen LogP contribution < -0.4 is 0 Å². The fourth-order valence-corrected chi connectivity index (χ4v) is 2.74. The van der Waals surface area contributed by atoms with Gasteiger partial charge in [0, 0.05) is 31.3 Å². The predicted molar refractivity (Wildman–Crippen MR) is 65.1 cm³/mol. The Balaban J connectivity index is 2.33. The summed E-state index contributed by atoms with van der Waals surface area (Å²) in [4.78, 5) is 39.5. The van der Waals surface area contributed by atoms with E-state index in [0.29, 0.717) is 5.69 Å². The second-order valence-electron chi connectivity index (χ2n) is 4.42. The van der Waals surface area contributed by atoms with E-state index in [1.807, 2.05) is 0 Å². The van der Waals surface area contributed by atoms with Gasteiger partial charge in [0.25, 0.3) is 0 Å². The van der Waals surface area contributed by atoms with Crippen LogP contribution in [0.4, 0.5) is 4.79 Å². The fourth-order valence-electron chi connectivity index (χ4n) is 2.18. The molecule has 1 aromatic rings. The summed E-state index contributed by atoms with van der Waals surface area (Å²) >= 11 is 1.30. The van der Waals surface area contributed by atoms with E-state index in [-0.39, 0.29) is 25.9 Å². The van der Waals surface area contributed by atoms with Crippen LogP contribution in [0, 0.1) is 5.41 Å². The van der Waals surface area contributed by atoms with Crippen molar-refractivity contribution in [3.8, 4) is 0 Å². The van der Waals surface area contributed by atoms with Gasteiger partial charge < -0.3 is 15.1 Å². The maximum Gasteiger partial charge on any atom is 0.407 e. The lowest BCUT2D eigenvalue weighted by atomic mass is 9.75. The van der Waals surface area contributed by atoms with E-state index in [9.17, 15) is 19.5 Å². The number of aromatic nitrogens is 1. The van der Waals surface area contributed by atoms with Crippen LogP contribution in [0.15, 0.2) is 10.9 Å². The van der Waals surface area contributed by atoms with Crippen molar-refractivity contribution >= 4 is 29.2 Å². The molecule has 2 rings (SSSR count). The van der Waals surface area contributed by atoms with E-state index < -0.39 is 23.3 Å². The molecular formula is C11H12N2O5S. The molecule has 19 heavy (non-hydrogen) atoms. The van der Waals surface area contributed by atoms with Crippen molar-refractivity contribution in [1.82, 2.24) is 9.88 Å². The number of ketones is 1. The van der Waals surface area contributed by atoms with Gasteiger partial charge in [-0.05, 0) is 0 Å². The molecule has 8 heteroatoms. The van der Waals surface area contributed by atoms with Crippen molar-refractivity contribution in [3.63, 3.8) is 0 Å². The molecule has 1 atom stereocenters. The van der Waals surface area contributed by atoms with E-state index >= 15 is 0 Å². The van der Waals surface area contributed by atoms with Gasteiger partial charge >= 0.3 is 12.1 Å². The molecule has 0 bridgehead atoms. The first-order valence-electron chi connectivity index (χ1n) is 5.57. The lowest BCUT2D eigenvalue weighted by Gasteiger charge is -2.36. The fraction of sp³-hybridized carbons (Fsp3) is 0.455.